The Morgan fingerprint density at radius 2 is 2.04 bits per heavy atom. The molecule has 0 aliphatic carbocycles. The Balaban J connectivity index is 1.51. The second-order valence-corrected chi connectivity index (χ2v) is 7.40. The van der Waals surface area contributed by atoms with Gasteiger partial charge >= 0.3 is 0 Å². The van der Waals surface area contributed by atoms with Crippen LogP contribution < -0.4 is 10.5 Å². The van der Waals surface area contributed by atoms with Crippen molar-refractivity contribution in [2.45, 2.75) is 25.7 Å². The number of ether oxygens (including phenoxy) is 1. The van der Waals surface area contributed by atoms with Crippen LogP contribution in [0.4, 0.5) is 0 Å². The topological polar surface area (TPSA) is 68.5 Å². The highest BCUT2D eigenvalue weighted by Gasteiger charge is 2.25. The highest BCUT2D eigenvalue weighted by molar-refractivity contribution is 7.09. The predicted octanol–water partition coefficient (Wildman–Crippen LogP) is 2.75. The van der Waals surface area contributed by atoms with Gasteiger partial charge in [-0.1, -0.05) is 12.1 Å². The van der Waals surface area contributed by atoms with E-state index in [1.807, 2.05) is 22.4 Å². The first-order valence-electron chi connectivity index (χ1n) is 8.76. The zero-order chi connectivity index (χ0) is 17.6. The van der Waals surface area contributed by atoms with Crippen LogP contribution in [0.3, 0.4) is 0 Å². The van der Waals surface area contributed by atoms with Gasteiger partial charge in [0.25, 0.3) is 5.91 Å². The van der Waals surface area contributed by atoms with Gasteiger partial charge in [0.2, 0.25) is 0 Å². The number of thiazole rings is 1. The molecular formula is C19H25N3O2S. The second kappa shape index (κ2) is 8.45. The molecule has 0 bridgehead atoms. The van der Waals surface area contributed by atoms with E-state index in [1.54, 1.807) is 7.11 Å². The fraction of sp³-hybridized carbons (Fsp3) is 0.474. The molecule has 1 saturated heterocycles. The summed E-state index contributed by atoms with van der Waals surface area (Å²) >= 11 is 1.52. The molecule has 1 aliphatic rings. The normalized spacial score (nSPS) is 15.4. The molecule has 1 amide bonds. The number of carbonyl (C=O) groups excluding carboxylic acids is 1. The number of likely N-dealkylation sites (tertiary alicyclic amines) is 1. The second-order valence-electron chi connectivity index (χ2n) is 6.45. The summed E-state index contributed by atoms with van der Waals surface area (Å²) in [5.74, 6) is 1.57. The first-order valence-corrected chi connectivity index (χ1v) is 9.64. The van der Waals surface area contributed by atoms with Crippen LogP contribution in [0.5, 0.6) is 5.75 Å². The highest BCUT2D eigenvalue weighted by atomic mass is 32.1. The van der Waals surface area contributed by atoms with Gasteiger partial charge in [0, 0.05) is 24.9 Å². The number of benzene rings is 1. The lowest BCUT2D eigenvalue weighted by molar-refractivity contribution is 0.0685. The average Bonchev–Trinajstić information content (AvgIpc) is 3.11. The number of piperidine rings is 1. The van der Waals surface area contributed by atoms with Crippen molar-refractivity contribution in [2.24, 2.45) is 11.7 Å². The number of hydrogen-bond acceptors (Lipinski definition) is 5. The summed E-state index contributed by atoms with van der Waals surface area (Å²) in [6.45, 7) is 2.19. The summed E-state index contributed by atoms with van der Waals surface area (Å²) in [6.07, 6.45) is 3.88. The zero-order valence-electron chi connectivity index (χ0n) is 14.6. The number of aromatic nitrogens is 1. The van der Waals surface area contributed by atoms with Gasteiger partial charge in [0.05, 0.1) is 12.1 Å². The van der Waals surface area contributed by atoms with E-state index in [-0.39, 0.29) is 5.91 Å². The lowest BCUT2D eigenvalue weighted by Gasteiger charge is -2.31. The number of rotatable bonds is 6. The summed E-state index contributed by atoms with van der Waals surface area (Å²) in [6, 6.07) is 8.28. The predicted molar refractivity (Wildman–Crippen MR) is 100 cm³/mol. The zero-order valence-corrected chi connectivity index (χ0v) is 15.4. The maximum atomic E-state index is 12.6. The van der Waals surface area contributed by atoms with Crippen molar-refractivity contribution in [1.29, 1.82) is 0 Å². The Morgan fingerprint density at radius 1 is 1.32 bits per heavy atom. The largest absolute Gasteiger partial charge is 0.497 e. The van der Waals surface area contributed by atoms with E-state index in [9.17, 15) is 4.79 Å². The van der Waals surface area contributed by atoms with Gasteiger partial charge in [-0.2, -0.15) is 0 Å². The van der Waals surface area contributed by atoms with E-state index in [4.69, 9.17) is 10.5 Å². The lowest BCUT2D eigenvalue weighted by Crippen LogP contribution is -2.39. The quantitative estimate of drug-likeness (QED) is 0.861. The number of methoxy groups -OCH3 is 1. The van der Waals surface area contributed by atoms with Gasteiger partial charge in [-0.05, 0) is 49.4 Å². The van der Waals surface area contributed by atoms with Crippen LogP contribution in [0.25, 0.3) is 0 Å². The van der Waals surface area contributed by atoms with Gasteiger partial charge < -0.3 is 15.4 Å². The molecular weight excluding hydrogens is 334 g/mol. The van der Waals surface area contributed by atoms with Crippen LogP contribution in [-0.4, -0.2) is 42.5 Å². The van der Waals surface area contributed by atoms with Gasteiger partial charge in [0.15, 0.2) is 0 Å². The third-order valence-electron chi connectivity index (χ3n) is 4.71. The molecule has 25 heavy (non-hydrogen) atoms. The molecule has 0 radical (unpaired) electrons. The van der Waals surface area contributed by atoms with Gasteiger partial charge in [-0.3, -0.25) is 4.79 Å². The van der Waals surface area contributed by atoms with E-state index >= 15 is 0 Å². The van der Waals surface area contributed by atoms with Gasteiger partial charge in [-0.25, -0.2) is 4.98 Å². The molecule has 6 heteroatoms. The van der Waals surface area contributed by atoms with E-state index in [0.29, 0.717) is 18.2 Å². The number of nitrogens with zero attached hydrogens (tertiary/aromatic N) is 2. The smallest absolute Gasteiger partial charge is 0.273 e. The Kier molecular flexibility index (Phi) is 6.04. The van der Waals surface area contributed by atoms with Crippen molar-refractivity contribution < 1.29 is 9.53 Å². The average molecular weight is 359 g/mol. The van der Waals surface area contributed by atoms with Crippen LogP contribution in [0.1, 0.15) is 33.9 Å². The van der Waals surface area contributed by atoms with Crippen molar-refractivity contribution >= 4 is 17.2 Å². The minimum Gasteiger partial charge on any atom is -0.497 e. The number of amides is 1. The molecule has 2 heterocycles. The fourth-order valence-corrected chi connectivity index (χ4v) is 4.03. The van der Waals surface area contributed by atoms with E-state index in [1.165, 1.54) is 16.9 Å². The molecule has 5 nitrogen and oxygen atoms in total. The lowest BCUT2D eigenvalue weighted by atomic mass is 9.90. The number of hydrogen-bond donors (Lipinski definition) is 1. The van der Waals surface area contributed by atoms with Crippen molar-refractivity contribution in [3.05, 3.63) is 45.9 Å². The monoisotopic (exact) mass is 359 g/mol. The standard InChI is InChI=1S/C19H25N3O2S/c1-24-16-4-2-14(3-5-16)12-15-7-10-22(11-8-15)19(23)17-13-25-18(21-17)6-9-20/h2-5,13,15H,6-12,20H2,1H3. The fourth-order valence-electron chi connectivity index (χ4n) is 3.24. The molecule has 1 aromatic carbocycles. The number of nitrogens with two attached hydrogens (primary N) is 1. The third kappa shape index (κ3) is 4.58. The van der Waals surface area contributed by atoms with Gasteiger partial charge in [-0.15, -0.1) is 11.3 Å². The Labute approximate surface area is 152 Å². The summed E-state index contributed by atoms with van der Waals surface area (Å²) < 4.78 is 5.20. The van der Waals surface area contributed by atoms with E-state index in [2.05, 4.69) is 17.1 Å². The van der Waals surface area contributed by atoms with Crippen LogP contribution in [-0.2, 0) is 12.8 Å². The van der Waals surface area contributed by atoms with E-state index < -0.39 is 0 Å². The summed E-state index contributed by atoms with van der Waals surface area (Å²) in [4.78, 5) is 18.9. The van der Waals surface area contributed by atoms with Crippen LogP contribution in [0.15, 0.2) is 29.6 Å². The molecule has 3 rings (SSSR count). The van der Waals surface area contributed by atoms with Crippen LogP contribution >= 0.6 is 11.3 Å². The summed E-state index contributed by atoms with van der Waals surface area (Å²) in [7, 11) is 1.68. The van der Waals surface area contributed by atoms with Crippen molar-refractivity contribution in [1.82, 2.24) is 9.88 Å². The Bertz CT molecular complexity index is 691. The third-order valence-corrected chi connectivity index (χ3v) is 5.62. The Morgan fingerprint density at radius 3 is 2.68 bits per heavy atom. The van der Waals surface area contributed by atoms with Crippen molar-refractivity contribution in [2.75, 3.05) is 26.7 Å². The Hall–Kier alpha value is -1.92. The first-order chi connectivity index (χ1) is 12.2. The maximum absolute atomic E-state index is 12.6. The molecule has 1 aromatic heterocycles. The minimum atomic E-state index is 0.0578. The van der Waals surface area contributed by atoms with Crippen LogP contribution in [0, 0.1) is 5.92 Å². The minimum absolute atomic E-state index is 0.0578. The molecule has 1 aliphatic heterocycles. The SMILES string of the molecule is COc1ccc(CC2CCN(C(=O)c3csc(CCN)n3)CC2)cc1. The van der Waals surface area contributed by atoms with Crippen molar-refractivity contribution in [3.63, 3.8) is 0 Å². The molecule has 2 aromatic rings. The van der Waals surface area contributed by atoms with Crippen molar-refractivity contribution in [3.8, 4) is 5.75 Å². The first kappa shape index (κ1) is 17.9. The molecule has 2 N–H and O–H groups in total. The summed E-state index contributed by atoms with van der Waals surface area (Å²) in [5.41, 5.74) is 7.45. The molecule has 1 fully saturated rings. The maximum Gasteiger partial charge on any atom is 0.273 e. The molecule has 0 spiro atoms. The van der Waals surface area contributed by atoms with Gasteiger partial charge in [0.1, 0.15) is 11.4 Å². The summed E-state index contributed by atoms with van der Waals surface area (Å²) in [5, 5.41) is 2.80. The molecule has 0 unspecified atom stereocenters. The molecule has 134 valence electrons. The molecule has 0 atom stereocenters. The molecule has 0 saturated carbocycles. The van der Waals surface area contributed by atoms with E-state index in [0.717, 1.165) is 49.5 Å². The van der Waals surface area contributed by atoms with Crippen LogP contribution in [0.2, 0.25) is 0 Å². The number of carbonyl (C=O) groups is 1. The highest BCUT2D eigenvalue weighted by Crippen LogP contribution is 2.24.